The van der Waals surface area contributed by atoms with Gasteiger partial charge in [-0.25, -0.2) is 4.79 Å². The molecule has 4 rings (SSSR count). The SMILES string of the molecule is CN1CCC(CN(C)C(=O)NCC2(c3ccc4c(c3)OCO4)CC2)C1. The van der Waals surface area contributed by atoms with Crippen LogP contribution in [0.5, 0.6) is 11.5 Å². The van der Waals surface area contributed by atoms with Gasteiger partial charge in [0.15, 0.2) is 11.5 Å². The van der Waals surface area contributed by atoms with Crippen molar-refractivity contribution in [1.29, 1.82) is 0 Å². The molecule has 136 valence electrons. The van der Waals surface area contributed by atoms with Crippen molar-refractivity contribution in [3.8, 4) is 11.5 Å². The molecule has 2 heterocycles. The first-order valence-electron chi connectivity index (χ1n) is 9.13. The summed E-state index contributed by atoms with van der Waals surface area (Å²) in [6.07, 6.45) is 3.38. The second-order valence-corrected chi connectivity index (χ2v) is 7.80. The van der Waals surface area contributed by atoms with Crippen molar-refractivity contribution in [3.63, 3.8) is 0 Å². The maximum atomic E-state index is 12.5. The topological polar surface area (TPSA) is 54.0 Å². The van der Waals surface area contributed by atoms with E-state index in [1.807, 2.05) is 18.0 Å². The Bertz CT molecular complexity index is 659. The third kappa shape index (κ3) is 3.40. The van der Waals surface area contributed by atoms with Crippen LogP contribution in [0.3, 0.4) is 0 Å². The zero-order chi connectivity index (χ0) is 17.4. The minimum atomic E-state index is 0.0292. The molecule has 6 nitrogen and oxygen atoms in total. The van der Waals surface area contributed by atoms with E-state index >= 15 is 0 Å². The van der Waals surface area contributed by atoms with Crippen LogP contribution < -0.4 is 14.8 Å². The minimum Gasteiger partial charge on any atom is -0.454 e. The van der Waals surface area contributed by atoms with Crippen LogP contribution >= 0.6 is 0 Å². The Balaban J connectivity index is 1.32. The summed E-state index contributed by atoms with van der Waals surface area (Å²) in [5, 5.41) is 3.14. The van der Waals surface area contributed by atoms with Gasteiger partial charge in [0.1, 0.15) is 0 Å². The molecule has 0 bridgehead atoms. The van der Waals surface area contributed by atoms with Crippen molar-refractivity contribution in [2.45, 2.75) is 24.7 Å². The smallest absolute Gasteiger partial charge is 0.317 e. The zero-order valence-electron chi connectivity index (χ0n) is 15.1. The molecule has 1 unspecified atom stereocenters. The molecule has 0 aromatic heterocycles. The Morgan fingerprint density at radius 3 is 2.88 bits per heavy atom. The number of nitrogens with one attached hydrogen (secondary N) is 1. The van der Waals surface area contributed by atoms with E-state index in [2.05, 4.69) is 29.4 Å². The van der Waals surface area contributed by atoms with Crippen molar-refractivity contribution in [2.75, 3.05) is 47.1 Å². The standard InChI is InChI=1S/C19H27N3O3/c1-21-8-5-14(10-21)11-22(2)18(23)20-12-19(6-7-19)15-3-4-16-17(9-15)25-13-24-16/h3-4,9,14H,5-8,10-13H2,1-2H3,(H,20,23). The predicted molar refractivity (Wildman–Crippen MR) is 95.1 cm³/mol. The van der Waals surface area contributed by atoms with Gasteiger partial charge in [-0.15, -0.1) is 0 Å². The van der Waals surface area contributed by atoms with Gasteiger partial charge in [-0.3, -0.25) is 0 Å². The Kier molecular flexibility index (Phi) is 4.23. The van der Waals surface area contributed by atoms with Gasteiger partial charge in [0, 0.05) is 32.1 Å². The molecule has 1 saturated heterocycles. The second kappa shape index (κ2) is 6.41. The lowest BCUT2D eigenvalue weighted by atomic mass is 9.95. The van der Waals surface area contributed by atoms with Crippen molar-refractivity contribution in [3.05, 3.63) is 23.8 Å². The second-order valence-electron chi connectivity index (χ2n) is 7.80. The lowest BCUT2D eigenvalue weighted by Crippen LogP contribution is -2.43. The third-order valence-electron chi connectivity index (χ3n) is 5.78. The maximum Gasteiger partial charge on any atom is 0.317 e. The summed E-state index contributed by atoms with van der Waals surface area (Å²) >= 11 is 0. The van der Waals surface area contributed by atoms with E-state index in [0.29, 0.717) is 19.3 Å². The third-order valence-corrected chi connectivity index (χ3v) is 5.78. The Morgan fingerprint density at radius 2 is 2.16 bits per heavy atom. The normalized spacial score (nSPS) is 23.5. The Hall–Kier alpha value is -1.95. The molecule has 1 aromatic rings. The molecule has 2 fully saturated rings. The van der Waals surface area contributed by atoms with Crippen LogP contribution in [0.2, 0.25) is 0 Å². The van der Waals surface area contributed by atoms with Gasteiger partial charge in [-0.1, -0.05) is 6.07 Å². The number of rotatable bonds is 5. The van der Waals surface area contributed by atoms with Gasteiger partial charge in [0.25, 0.3) is 0 Å². The molecule has 25 heavy (non-hydrogen) atoms. The van der Waals surface area contributed by atoms with Crippen molar-refractivity contribution in [2.24, 2.45) is 5.92 Å². The first kappa shape index (κ1) is 16.5. The fourth-order valence-electron chi connectivity index (χ4n) is 3.97. The number of fused-ring (bicyclic) bond motifs is 1. The quantitative estimate of drug-likeness (QED) is 0.887. The largest absolute Gasteiger partial charge is 0.454 e. The molecular formula is C19H27N3O3. The van der Waals surface area contributed by atoms with Gasteiger partial charge in [0.05, 0.1) is 0 Å². The number of urea groups is 1. The molecule has 2 amide bonds. The summed E-state index contributed by atoms with van der Waals surface area (Å²) in [5.41, 5.74) is 1.29. The zero-order valence-corrected chi connectivity index (χ0v) is 15.1. The van der Waals surface area contributed by atoms with Crippen LogP contribution in [-0.4, -0.2) is 62.9 Å². The highest BCUT2D eigenvalue weighted by atomic mass is 16.7. The van der Waals surface area contributed by atoms with Gasteiger partial charge >= 0.3 is 6.03 Å². The van der Waals surface area contributed by atoms with Crippen LogP contribution in [-0.2, 0) is 5.41 Å². The highest BCUT2D eigenvalue weighted by Crippen LogP contribution is 2.49. The molecule has 1 aromatic carbocycles. The summed E-state index contributed by atoms with van der Waals surface area (Å²) < 4.78 is 10.9. The summed E-state index contributed by atoms with van der Waals surface area (Å²) in [6, 6.07) is 6.17. The van der Waals surface area contributed by atoms with E-state index in [1.54, 1.807) is 0 Å². The van der Waals surface area contributed by atoms with Gasteiger partial charge < -0.3 is 24.6 Å². The van der Waals surface area contributed by atoms with E-state index < -0.39 is 0 Å². The van der Waals surface area contributed by atoms with Gasteiger partial charge in [0.2, 0.25) is 6.79 Å². The van der Waals surface area contributed by atoms with E-state index in [9.17, 15) is 4.79 Å². The number of benzene rings is 1. The van der Waals surface area contributed by atoms with Crippen LogP contribution in [0.4, 0.5) is 4.79 Å². The summed E-state index contributed by atoms with van der Waals surface area (Å²) in [7, 11) is 4.04. The first-order chi connectivity index (χ1) is 12.1. The van der Waals surface area contributed by atoms with Gasteiger partial charge in [-0.2, -0.15) is 0 Å². The van der Waals surface area contributed by atoms with Gasteiger partial charge in [-0.05, 0) is 56.5 Å². The summed E-state index contributed by atoms with van der Waals surface area (Å²) in [5.74, 6) is 2.21. The highest BCUT2D eigenvalue weighted by molar-refractivity contribution is 5.74. The minimum absolute atomic E-state index is 0.0292. The fourth-order valence-corrected chi connectivity index (χ4v) is 3.97. The molecule has 6 heteroatoms. The monoisotopic (exact) mass is 345 g/mol. The molecule has 0 radical (unpaired) electrons. The van der Waals surface area contributed by atoms with Crippen LogP contribution in [0, 0.1) is 5.92 Å². The fraction of sp³-hybridized carbons (Fsp3) is 0.632. The van der Waals surface area contributed by atoms with Crippen molar-refractivity contribution < 1.29 is 14.3 Å². The highest BCUT2D eigenvalue weighted by Gasteiger charge is 2.45. The summed E-state index contributed by atoms with van der Waals surface area (Å²) in [6.45, 7) is 4.02. The number of amides is 2. The molecule has 1 N–H and O–H groups in total. The number of carbonyl (C=O) groups excluding carboxylic acids is 1. The number of likely N-dealkylation sites (tertiary alicyclic amines) is 1. The molecule has 2 aliphatic heterocycles. The van der Waals surface area contributed by atoms with E-state index in [1.165, 1.54) is 12.0 Å². The van der Waals surface area contributed by atoms with Crippen LogP contribution in [0.25, 0.3) is 0 Å². The molecule has 1 aliphatic carbocycles. The van der Waals surface area contributed by atoms with E-state index in [-0.39, 0.29) is 11.4 Å². The number of hydrogen-bond acceptors (Lipinski definition) is 4. The lowest BCUT2D eigenvalue weighted by Gasteiger charge is -2.24. The first-order valence-corrected chi connectivity index (χ1v) is 9.13. The number of ether oxygens (including phenoxy) is 2. The molecular weight excluding hydrogens is 318 g/mol. The number of hydrogen-bond donors (Lipinski definition) is 1. The molecule has 0 spiro atoms. The maximum absolute atomic E-state index is 12.5. The van der Waals surface area contributed by atoms with E-state index in [0.717, 1.165) is 44.0 Å². The van der Waals surface area contributed by atoms with Crippen LogP contribution in [0.1, 0.15) is 24.8 Å². The van der Waals surface area contributed by atoms with Crippen LogP contribution in [0.15, 0.2) is 18.2 Å². The van der Waals surface area contributed by atoms with Crippen molar-refractivity contribution in [1.82, 2.24) is 15.1 Å². The average Bonchev–Trinajstić information content (AvgIpc) is 3.05. The lowest BCUT2D eigenvalue weighted by molar-refractivity contribution is 0.174. The summed E-state index contributed by atoms with van der Waals surface area (Å²) in [4.78, 5) is 16.6. The molecule has 1 atom stereocenters. The predicted octanol–water partition coefficient (Wildman–Crippen LogP) is 2.04. The Morgan fingerprint density at radius 1 is 1.36 bits per heavy atom. The molecule has 3 aliphatic rings. The number of nitrogens with zero attached hydrogens (tertiary/aromatic N) is 2. The average molecular weight is 345 g/mol. The molecule has 1 saturated carbocycles. The van der Waals surface area contributed by atoms with E-state index in [4.69, 9.17) is 9.47 Å². The Labute approximate surface area is 149 Å². The number of carbonyl (C=O) groups is 1. The van der Waals surface area contributed by atoms with Crippen molar-refractivity contribution >= 4 is 6.03 Å².